The zero-order chi connectivity index (χ0) is 31.1. The largest absolute Gasteiger partial charge is 0.454 e. The van der Waals surface area contributed by atoms with Crippen LogP contribution in [0.3, 0.4) is 0 Å². The Kier molecular flexibility index (Phi) is 5.32. The predicted octanol–water partition coefficient (Wildman–Crippen LogP) is 11.3. The van der Waals surface area contributed by atoms with Gasteiger partial charge in [0.15, 0.2) is 5.58 Å². The second-order valence-electron chi connectivity index (χ2n) is 12.0. The zero-order valence-corrected chi connectivity index (χ0v) is 25.2. The summed E-state index contributed by atoms with van der Waals surface area (Å²) < 4.78 is 11.2. The molecule has 0 fully saturated rings. The molecule has 0 spiro atoms. The molecule has 3 heterocycles. The summed E-state index contributed by atoms with van der Waals surface area (Å²) >= 11 is 0. The average Bonchev–Trinajstić information content (AvgIpc) is 3.79. The Morgan fingerprint density at radius 1 is 0.489 bits per heavy atom. The summed E-state index contributed by atoms with van der Waals surface area (Å²) in [5.41, 5.74) is 11.0. The molecule has 0 saturated heterocycles. The Balaban J connectivity index is 1.21. The first-order chi connectivity index (χ1) is 23.3. The van der Waals surface area contributed by atoms with Gasteiger partial charge in [0.2, 0.25) is 0 Å². The third-order valence-corrected chi connectivity index (χ3v) is 9.56. The van der Waals surface area contributed by atoms with Crippen molar-refractivity contribution in [3.8, 4) is 28.6 Å². The molecule has 0 aliphatic carbocycles. The minimum atomic E-state index is 0.627. The summed E-state index contributed by atoms with van der Waals surface area (Å²) in [4.78, 5) is 0. The number of hydrogen-bond acceptors (Lipinski definition) is 2. The zero-order valence-electron chi connectivity index (χ0n) is 25.2. The van der Waals surface area contributed by atoms with E-state index in [2.05, 4.69) is 143 Å². The summed E-state index contributed by atoms with van der Waals surface area (Å²) in [5, 5.41) is 16.9. The Bertz CT molecular complexity index is 2860. The smallest absolute Gasteiger partial charge is 0.160 e. The van der Waals surface area contributed by atoms with Gasteiger partial charge >= 0.3 is 0 Å². The molecule has 0 saturated carbocycles. The van der Waals surface area contributed by atoms with Gasteiger partial charge in [0.05, 0.1) is 39.4 Å². The number of nitrogens with zero attached hydrogens (tertiary/aromatic N) is 3. The number of nitriles is 1. The van der Waals surface area contributed by atoms with E-state index >= 15 is 0 Å². The van der Waals surface area contributed by atoms with Crippen LogP contribution in [0.5, 0.6) is 0 Å². The number of benzene rings is 7. The fourth-order valence-corrected chi connectivity index (χ4v) is 7.50. The second-order valence-corrected chi connectivity index (χ2v) is 12.0. The molecular formula is C43H25N3O. The lowest BCUT2D eigenvalue weighted by Crippen LogP contribution is -1.99. The molecular weight excluding hydrogens is 574 g/mol. The standard InChI is InChI=1S/C43H25N3O/c44-26-27-17-22-30(40(25-27)46-38-14-6-1-9-31(38)32-10-2-7-15-39(32)46)28-18-20-29(21-19-28)45-37-13-5-3-11-33(37)35-23-24-36-34-12-4-8-16-41(34)47-43(36)42(35)45/h1-25H. The molecule has 218 valence electrons. The van der Waals surface area contributed by atoms with E-state index < -0.39 is 0 Å². The van der Waals surface area contributed by atoms with Gasteiger partial charge in [0.25, 0.3) is 0 Å². The van der Waals surface area contributed by atoms with E-state index in [0.29, 0.717) is 5.56 Å². The molecule has 0 amide bonds. The van der Waals surface area contributed by atoms with Crippen molar-refractivity contribution in [1.29, 1.82) is 5.26 Å². The summed E-state index contributed by atoms with van der Waals surface area (Å²) in [7, 11) is 0. The Morgan fingerprint density at radius 3 is 1.74 bits per heavy atom. The summed E-state index contributed by atoms with van der Waals surface area (Å²) in [6.45, 7) is 0. The number of fused-ring (bicyclic) bond motifs is 10. The quantitative estimate of drug-likeness (QED) is 0.203. The monoisotopic (exact) mass is 599 g/mol. The summed E-state index contributed by atoms with van der Waals surface area (Å²) in [6.07, 6.45) is 0. The van der Waals surface area contributed by atoms with E-state index in [1.54, 1.807) is 0 Å². The van der Waals surface area contributed by atoms with Gasteiger partial charge in [-0.2, -0.15) is 5.26 Å². The number of hydrogen-bond donors (Lipinski definition) is 0. The number of rotatable bonds is 3. The first-order valence-corrected chi connectivity index (χ1v) is 15.8. The van der Waals surface area contributed by atoms with Crippen molar-refractivity contribution in [2.45, 2.75) is 0 Å². The highest BCUT2D eigenvalue weighted by molar-refractivity contribution is 6.21. The number of para-hydroxylation sites is 4. The Hall–Kier alpha value is -6.57. The lowest BCUT2D eigenvalue weighted by Gasteiger charge is -2.15. The lowest BCUT2D eigenvalue weighted by molar-refractivity contribution is 0.671. The fourth-order valence-electron chi connectivity index (χ4n) is 7.50. The second kappa shape index (κ2) is 9.71. The Morgan fingerprint density at radius 2 is 1.06 bits per heavy atom. The lowest BCUT2D eigenvalue weighted by atomic mass is 10.0. The van der Waals surface area contributed by atoms with Crippen LogP contribution in [0, 0.1) is 11.3 Å². The molecule has 0 radical (unpaired) electrons. The molecule has 0 N–H and O–H groups in total. The fraction of sp³-hybridized carbons (Fsp3) is 0. The molecule has 0 aliphatic rings. The van der Waals surface area contributed by atoms with E-state index in [-0.39, 0.29) is 0 Å². The van der Waals surface area contributed by atoms with Gasteiger partial charge in [-0.3, -0.25) is 0 Å². The van der Waals surface area contributed by atoms with Gasteiger partial charge in [0, 0.05) is 43.6 Å². The van der Waals surface area contributed by atoms with E-state index in [1.165, 1.54) is 16.2 Å². The van der Waals surface area contributed by atoms with Crippen LogP contribution in [0.2, 0.25) is 0 Å². The van der Waals surface area contributed by atoms with Crippen molar-refractivity contribution in [2.75, 3.05) is 0 Å². The van der Waals surface area contributed by atoms with Crippen molar-refractivity contribution in [1.82, 2.24) is 9.13 Å². The van der Waals surface area contributed by atoms with Crippen molar-refractivity contribution >= 4 is 65.6 Å². The van der Waals surface area contributed by atoms with Gasteiger partial charge in [-0.15, -0.1) is 0 Å². The molecule has 0 aliphatic heterocycles. The maximum absolute atomic E-state index is 9.91. The van der Waals surface area contributed by atoms with Crippen molar-refractivity contribution in [3.63, 3.8) is 0 Å². The van der Waals surface area contributed by atoms with Crippen LogP contribution in [-0.2, 0) is 0 Å². The van der Waals surface area contributed by atoms with E-state index in [1.807, 2.05) is 24.3 Å². The van der Waals surface area contributed by atoms with E-state index in [9.17, 15) is 5.26 Å². The minimum Gasteiger partial charge on any atom is -0.454 e. The van der Waals surface area contributed by atoms with Gasteiger partial charge in [-0.25, -0.2) is 0 Å². The maximum Gasteiger partial charge on any atom is 0.160 e. The highest BCUT2D eigenvalue weighted by Crippen LogP contribution is 2.41. The van der Waals surface area contributed by atoms with Crippen molar-refractivity contribution < 1.29 is 4.42 Å². The highest BCUT2D eigenvalue weighted by Gasteiger charge is 2.20. The molecule has 0 atom stereocenters. The minimum absolute atomic E-state index is 0.627. The first kappa shape index (κ1) is 25.7. The maximum atomic E-state index is 9.91. The predicted molar refractivity (Wildman–Crippen MR) is 193 cm³/mol. The topological polar surface area (TPSA) is 46.8 Å². The Labute approximate surface area is 269 Å². The molecule has 0 bridgehead atoms. The molecule has 3 aromatic heterocycles. The summed E-state index contributed by atoms with van der Waals surface area (Å²) in [5.74, 6) is 0. The van der Waals surface area contributed by atoms with Crippen LogP contribution in [0.1, 0.15) is 5.56 Å². The highest BCUT2D eigenvalue weighted by atomic mass is 16.3. The molecule has 4 nitrogen and oxygen atoms in total. The molecule has 4 heteroatoms. The van der Waals surface area contributed by atoms with Crippen LogP contribution >= 0.6 is 0 Å². The molecule has 0 unspecified atom stereocenters. The molecule has 10 aromatic rings. The van der Waals surface area contributed by atoms with Gasteiger partial charge < -0.3 is 13.6 Å². The summed E-state index contributed by atoms with van der Waals surface area (Å²) in [6, 6.07) is 55.3. The third kappa shape index (κ3) is 3.63. The van der Waals surface area contributed by atoms with Gasteiger partial charge in [-0.1, -0.05) is 97.1 Å². The first-order valence-electron chi connectivity index (χ1n) is 15.8. The average molecular weight is 600 g/mol. The normalized spacial score (nSPS) is 11.8. The van der Waals surface area contributed by atoms with Crippen LogP contribution in [0.15, 0.2) is 156 Å². The number of aromatic nitrogens is 2. The van der Waals surface area contributed by atoms with E-state index in [0.717, 1.165) is 71.9 Å². The van der Waals surface area contributed by atoms with Crippen LogP contribution < -0.4 is 0 Å². The molecule has 47 heavy (non-hydrogen) atoms. The van der Waals surface area contributed by atoms with Crippen LogP contribution in [0.4, 0.5) is 0 Å². The van der Waals surface area contributed by atoms with E-state index in [4.69, 9.17) is 4.42 Å². The van der Waals surface area contributed by atoms with Gasteiger partial charge in [-0.05, 0) is 60.2 Å². The van der Waals surface area contributed by atoms with Crippen molar-refractivity contribution in [3.05, 3.63) is 157 Å². The van der Waals surface area contributed by atoms with Gasteiger partial charge in [0.1, 0.15) is 5.58 Å². The number of furan rings is 1. The van der Waals surface area contributed by atoms with Crippen LogP contribution in [0.25, 0.3) is 88.1 Å². The van der Waals surface area contributed by atoms with Crippen LogP contribution in [-0.4, -0.2) is 9.13 Å². The third-order valence-electron chi connectivity index (χ3n) is 9.56. The van der Waals surface area contributed by atoms with Crippen molar-refractivity contribution in [2.24, 2.45) is 0 Å². The molecule has 7 aromatic carbocycles. The SMILES string of the molecule is N#Cc1ccc(-c2ccc(-n3c4ccccc4c4ccc5c6ccccc6oc5c43)cc2)c(-n2c3ccccc3c3ccccc32)c1. The molecule has 10 rings (SSSR count).